The Hall–Kier alpha value is -1.30. The average molecular weight is 388 g/mol. The van der Waals surface area contributed by atoms with Crippen molar-refractivity contribution in [2.75, 3.05) is 20.1 Å². The highest BCUT2D eigenvalue weighted by atomic mass is 16.5. The van der Waals surface area contributed by atoms with Gasteiger partial charge < -0.3 is 32.0 Å². The quantitative estimate of drug-likeness (QED) is 0.538. The summed E-state index contributed by atoms with van der Waals surface area (Å²) in [6.07, 6.45) is 4.88. The minimum atomic E-state index is -1.01. The van der Waals surface area contributed by atoms with Crippen molar-refractivity contribution < 1.29 is 24.5 Å². The molecule has 2 heterocycles. The lowest BCUT2D eigenvalue weighted by Crippen LogP contribution is -2.82. The van der Waals surface area contributed by atoms with Gasteiger partial charge in [-0.05, 0) is 44.2 Å². The monoisotopic (exact) mass is 387 g/mol. The first-order valence-electron chi connectivity index (χ1n) is 10.5. The fourth-order valence-corrected chi connectivity index (χ4v) is 7.39. The molecule has 1 aromatic rings. The Morgan fingerprint density at radius 3 is 2.64 bits per heavy atom. The van der Waals surface area contributed by atoms with E-state index < -0.39 is 22.7 Å². The molecule has 2 aliphatic heterocycles. The molecule has 2 saturated carbocycles. The molecule has 5 nitrogen and oxygen atoms in total. The number of hydrogen-bond donors (Lipinski definition) is 3. The number of phenolic OH excluding ortho intramolecular Hbond substituents is 1. The Balaban J connectivity index is 0.00000171. The summed E-state index contributed by atoms with van der Waals surface area (Å²) in [6.45, 7) is 3.98. The molecule has 0 aromatic heterocycles. The van der Waals surface area contributed by atoms with Crippen LogP contribution in [0.3, 0.4) is 0 Å². The van der Waals surface area contributed by atoms with Crippen molar-refractivity contribution in [3.05, 3.63) is 30.7 Å². The first-order valence-corrected chi connectivity index (χ1v) is 10.5. The predicted molar refractivity (Wildman–Crippen MR) is 106 cm³/mol. The van der Waals surface area contributed by atoms with E-state index in [9.17, 15) is 15.3 Å². The normalized spacial score (nSPS) is 47.7. The van der Waals surface area contributed by atoms with Gasteiger partial charge in [-0.15, -0.1) is 0 Å². The molecule has 28 heavy (non-hydrogen) atoms. The van der Waals surface area contributed by atoms with Gasteiger partial charge in [0, 0.05) is 24.3 Å². The van der Waals surface area contributed by atoms with Crippen molar-refractivity contribution in [2.45, 2.75) is 74.2 Å². The Labute approximate surface area is 167 Å². The second kappa shape index (κ2) is 5.24. The van der Waals surface area contributed by atoms with Gasteiger partial charge in [0.05, 0.1) is 31.2 Å². The lowest BCUT2D eigenvalue weighted by atomic mass is 9.46. The van der Waals surface area contributed by atoms with Crippen LogP contribution < -0.4 is 4.74 Å². The highest BCUT2D eigenvalue weighted by Gasteiger charge is 2.78. The molecule has 6 rings (SSSR count). The van der Waals surface area contributed by atoms with Crippen LogP contribution in [0.15, 0.2) is 12.1 Å². The summed E-state index contributed by atoms with van der Waals surface area (Å²) in [5.74, 6) is 1.44. The summed E-state index contributed by atoms with van der Waals surface area (Å²) in [7, 11) is 2.33. The van der Waals surface area contributed by atoms with Crippen LogP contribution in [0.1, 0.15) is 50.2 Å². The number of piperidine rings is 1. The number of aliphatic hydroxyl groups is 2. The molecular weight excluding hydrogens is 354 g/mol. The highest BCUT2D eigenvalue weighted by Crippen LogP contribution is 2.67. The van der Waals surface area contributed by atoms with Crippen LogP contribution in [-0.4, -0.2) is 63.3 Å². The van der Waals surface area contributed by atoms with Crippen molar-refractivity contribution in [3.63, 3.8) is 0 Å². The summed E-state index contributed by atoms with van der Waals surface area (Å²) in [5, 5.41) is 34.0. The van der Waals surface area contributed by atoms with E-state index in [1.807, 2.05) is 13.0 Å². The first kappa shape index (κ1) is 18.7. The molecule has 6 atom stereocenters. The standard InChI is InChI=1S/C22H29NO4.CH3/c1-20(25)7-8-22(26)16-11-14-5-6-15(24)18-17(14)21(22,19(20)27-18)9-10-23(16,2)12-13-3-4-13;/h5-6,13,16,19,25-26H,3-4,7-12H2,1-2H3;1H3/q;-1/p+1/t16-,19+,20?,21+,22-,23-;/m1./s1. The second-order valence-electron chi connectivity index (χ2n) is 10.5. The number of nitrogens with zero attached hydrogens (tertiary/aromatic N) is 1. The smallest absolute Gasteiger partial charge is 0.165 e. The highest BCUT2D eigenvalue weighted by molar-refractivity contribution is 5.62. The zero-order chi connectivity index (χ0) is 18.8. The summed E-state index contributed by atoms with van der Waals surface area (Å²) >= 11 is 0. The van der Waals surface area contributed by atoms with Crippen molar-refractivity contribution in [3.8, 4) is 11.5 Å². The molecule has 3 N–H and O–H groups in total. The van der Waals surface area contributed by atoms with Gasteiger partial charge in [-0.3, -0.25) is 0 Å². The largest absolute Gasteiger partial charge is 0.504 e. The number of likely N-dealkylation sites (N-methyl/N-ethyl adjacent to an activating group) is 1. The fourth-order valence-electron chi connectivity index (χ4n) is 7.39. The molecule has 1 unspecified atom stereocenters. The van der Waals surface area contributed by atoms with Crippen molar-refractivity contribution in [2.24, 2.45) is 5.92 Å². The molecule has 5 aliphatic rings. The van der Waals surface area contributed by atoms with E-state index in [4.69, 9.17) is 4.74 Å². The molecule has 5 heteroatoms. The Morgan fingerprint density at radius 2 is 1.93 bits per heavy atom. The third-order valence-electron chi connectivity index (χ3n) is 8.81. The van der Waals surface area contributed by atoms with Gasteiger partial charge in [0.1, 0.15) is 17.7 Å². The molecule has 3 fully saturated rings. The minimum absolute atomic E-state index is 0. The Morgan fingerprint density at radius 1 is 1.18 bits per heavy atom. The number of likely N-dealkylation sites (tertiary alicyclic amines) is 1. The molecule has 1 spiro atoms. The van der Waals surface area contributed by atoms with E-state index in [0.29, 0.717) is 18.6 Å². The molecule has 0 amide bonds. The van der Waals surface area contributed by atoms with Crippen LogP contribution >= 0.6 is 0 Å². The fraction of sp³-hybridized carbons (Fsp3) is 0.696. The maximum Gasteiger partial charge on any atom is 0.165 e. The molecule has 1 saturated heterocycles. The number of rotatable bonds is 2. The average Bonchev–Trinajstić information content (AvgIpc) is 3.32. The van der Waals surface area contributed by atoms with Crippen LogP contribution in [0, 0.1) is 13.3 Å². The van der Waals surface area contributed by atoms with Crippen LogP contribution in [-0.2, 0) is 11.8 Å². The zero-order valence-corrected chi connectivity index (χ0v) is 17.2. The van der Waals surface area contributed by atoms with Gasteiger partial charge in [-0.2, -0.15) is 0 Å². The molecular formula is C23H33NO4. The Kier molecular flexibility index (Phi) is 3.50. The summed E-state index contributed by atoms with van der Waals surface area (Å²) < 4.78 is 7.21. The SMILES string of the molecule is CC1(O)CC[C@@]2(O)[C@H]3Cc4ccc(O)c5c4[C@@]2(CC[N@+]3(C)CC2CC2)[C@H]1O5.[CH3-]. The van der Waals surface area contributed by atoms with Gasteiger partial charge in [0.15, 0.2) is 11.5 Å². The van der Waals surface area contributed by atoms with Crippen LogP contribution in [0.2, 0.25) is 0 Å². The summed E-state index contributed by atoms with van der Waals surface area (Å²) in [4.78, 5) is 0. The van der Waals surface area contributed by atoms with E-state index in [0.717, 1.165) is 41.9 Å². The van der Waals surface area contributed by atoms with E-state index in [-0.39, 0.29) is 19.2 Å². The van der Waals surface area contributed by atoms with E-state index in [1.54, 1.807) is 6.07 Å². The van der Waals surface area contributed by atoms with E-state index in [1.165, 1.54) is 18.4 Å². The lowest BCUT2D eigenvalue weighted by Gasteiger charge is -2.66. The van der Waals surface area contributed by atoms with Gasteiger partial charge >= 0.3 is 0 Å². The lowest BCUT2D eigenvalue weighted by molar-refractivity contribution is -0.950. The molecule has 154 valence electrons. The van der Waals surface area contributed by atoms with E-state index >= 15 is 0 Å². The minimum Gasteiger partial charge on any atom is -0.504 e. The van der Waals surface area contributed by atoms with Crippen LogP contribution in [0.4, 0.5) is 0 Å². The number of hydrogen-bond acceptors (Lipinski definition) is 4. The topological polar surface area (TPSA) is 69.9 Å². The summed E-state index contributed by atoms with van der Waals surface area (Å²) in [5.41, 5.74) is -0.328. The summed E-state index contributed by atoms with van der Waals surface area (Å²) in [6, 6.07) is 3.86. The maximum absolute atomic E-state index is 12.3. The maximum atomic E-state index is 12.3. The number of ether oxygens (including phenoxy) is 1. The van der Waals surface area contributed by atoms with Crippen molar-refractivity contribution >= 4 is 0 Å². The Bertz CT molecular complexity index is 849. The van der Waals surface area contributed by atoms with Crippen LogP contribution in [0.25, 0.3) is 0 Å². The first-order chi connectivity index (χ1) is 12.7. The molecule has 0 radical (unpaired) electrons. The van der Waals surface area contributed by atoms with Gasteiger partial charge in [-0.25, -0.2) is 0 Å². The van der Waals surface area contributed by atoms with Crippen LogP contribution in [0.5, 0.6) is 11.5 Å². The molecule has 3 aliphatic carbocycles. The molecule has 1 aromatic carbocycles. The van der Waals surface area contributed by atoms with Gasteiger partial charge in [0.25, 0.3) is 0 Å². The van der Waals surface area contributed by atoms with Crippen molar-refractivity contribution in [1.82, 2.24) is 0 Å². The number of aromatic hydroxyl groups is 1. The third kappa shape index (κ3) is 1.93. The number of phenols is 1. The van der Waals surface area contributed by atoms with E-state index in [2.05, 4.69) is 7.05 Å². The zero-order valence-electron chi connectivity index (χ0n) is 17.2. The second-order valence-corrected chi connectivity index (χ2v) is 10.5. The van der Waals surface area contributed by atoms with Crippen molar-refractivity contribution in [1.29, 1.82) is 0 Å². The van der Waals surface area contributed by atoms with Gasteiger partial charge in [0.2, 0.25) is 0 Å². The van der Waals surface area contributed by atoms with Gasteiger partial charge in [-0.1, -0.05) is 6.07 Å². The molecule has 2 bridgehead atoms. The number of benzene rings is 1. The predicted octanol–water partition coefficient (Wildman–Crippen LogP) is 2.30. The number of quaternary nitrogens is 1. The third-order valence-corrected chi connectivity index (χ3v) is 8.81.